The molecule has 0 heterocycles. The highest BCUT2D eigenvalue weighted by Gasteiger charge is 2.02. The van der Waals surface area contributed by atoms with Gasteiger partial charge in [0.25, 0.3) is 0 Å². The standard InChI is InChI=1S/C7H9NO4/c1-12-8(11)6-3-2-5(9)4-7(6)10/h2-4,9-11H,1H3/p-1. The van der Waals surface area contributed by atoms with Crippen molar-refractivity contribution in [2.24, 2.45) is 0 Å². The predicted molar refractivity (Wildman–Crippen MR) is 38.8 cm³/mol. The summed E-state index contributed by atoms with van der Waals surface area (Å²) in [6, 6.07) is 3.51. The molecule has 0 amide bonds. The molecule has 1 aromatic rings. The van der Waals surface area contributed by atoms with E-state index in [1.165, 1.54) is 19.2 Å². The maximum Gasteiger partial charge on any atom is 0.115 e. The lowest BCUT2D eigenvalue weighted by Crippen LogP contribution is -2.17. The van der Waals surface area contributed by atoms with Crippen molar-refractivity contribution in [3.63, 3.8) is 0 Å². The molecule has 0 aromatic heterocycles. The molecule has 0 unspecified atom stereocenters. The van der Waals surface area contributed by atoms with Gasteiger partial charge >= 0.3 is 0 Å². The summed E-state index contributed by atoms with van der Waals surface area (Å²) in [5.74, 6) is -0.660. The maximum atomic E-state index is 11.0. The molecule has 1 aromatic carbocycles. The summed E-state index contributed by atoms with van der Waals surface area (Å²) in [6.45, 7) is 0. The van der Waals surface area contributed by atoms with E-state index in [0.29, 0.717) is 5.23 Å². The molecular formula is C7H8NO4-. The molecular weight excluding hydrogens is 162 g/mol. The molecule has 0 bridgehead atoms. The minimum absolute atomic E-state index is 0.0460. The van der Waals surface area contributed by atoms with Gasteiger partial charge in [-0.15, -0.1) is 5.23 Å². The van der Waals surface area contributed by atoms with Crippen LogP contribution in [0.4, 0.5) is 5.69 Å². The van der Waals surface area contributed by atoms with Crippen molar-refractivity contribution in [1.82, 2.24) is 0 Å². The molecule has 0 aliphatic heterocycles. The van der Waals surface area contributed by atoms with Crippen molar-refractivity contribution in [2.75, 3.05) is 12.3 Å². The number of benzene rings is 1. The van der Waals surface area contributed by atoms with Crippen LogP contribution in [0.1, 0.15) is 0 Å². The molecule has 5 nitrogen and oxygen atoms in total. The Balaban J connectivity index is 3.01. The number of hydrogen-bond acceptors (Lipinski definition) is 5. The van der Waals surface area contributed by atoms with Crippen molar-refractivity contribution in [3.8, 4) is 11.5 Å². The van der Waals surface area contributed by atoms with Gasteiger partial charge in [-0.05, 0) is 18.2 Å². The number of rotatable bonds is 2. The first-order chi connectivity index (χ1) is 5.65. The minimum atomic E-state index is -0.514. The zero-order valence-corrected chi connectivity index (χ0v) is 6.39. The summed E-state index contributed by atoms with van der Waals surface area (Å²) in [5, 5.41) is 29.1. The zero-order chi connectivity index (χ0) is 9.14. The van der Waals surface area contributed by atoms with Gasteiger partial charge in [0.2, 0.25) is 0 Å². The van der Waals surface area contributed by atoms with E-state index in [0.717, 1.165) is 6.07 Å². The lowest BCUT2D eigenvalue weighted by atomic mass is 10.3. The number of nitrogens with zero attached hydrogens (tertiary/aromatic N) is 1. The van der Waals surface area contributed by atoms with Crippen molar-refractivity contribution >= 4 is 5.69 Å². The summed E-state index contributed by atoms with van der Waals surface area (Å²) < 4.78 is 0. The highest BCUT2D eigenvalue weighted by molar-refractivity contribution is 5.56. The molecule has 5 heteroatoms. The van der Waals surface area contributed by atoms with E-state index in [-0.39, 0.29) is 11.4 Å². The van der Waals surface area contributed by atoms with Crippen molar-refractivity contribution in [3.05, 3.63) is 18.2 Å². The van der Waals surface area contributed by atoms with Crippen molar-refractivity contribution in [1.29, 1.82) is 0 Å². The molecule has 0 fully saturated rings. The first-order valence-electron chi connectivity index (χ1n) is 3.18. The van der Waals surface area contributed by atoms with Gasteiger partial charge in [-0.2, -0.15) is 0 Å². The Labute approximate surface area is 69.0 Å². The van der Waals surface area contributed by atoms with E-state index in [1.54, 1.807) is 0 Å². The maximum absolute atomic E-state index is 11.0. The second kappa shape index (κ2) is 3.29. The van der Waals surface area contributed by atoms with Gasteiger partial charge in [0.15, 0.2) is 0 Å². The van der Waals surface area contributed by atoms with Crippen molar-refractivity contribution < 1.29 is 20.3 Å². The number of phenolic OH excluding ortho intramolecular Hbond substituents is 1. The van der Waals surface area contributed by atoms with E-state index in [4.69, 9.17) is 10.3 Å². The number of anilines is 1. The molecule has 0 saturated carbocycles. The van der Waals surface area contributed by atoms with Gasteiger partial charge in [0.1, 0.15) is 5.75 Å². The average molecular weight is 170 g/mol. The molecule has 2 N–H and O–H groups in total. The number of phenols is 1. The van der Waals surface area contributed by atoms with E-state index >= 15 is 0 Å². The van der Waals surface area contributed by atoms with Gasteiger partial charge in [-0.1, -0.05) is 5.75 Å². The second-order valence-electron chi connectivity index (χ2n) is 2.11. The van der Waals surface area contributed by atoms with E-state index < -0.39 is 5.75 Å². The van der Waals surface area contributed by atoms with Gasteiger partial charge in [-0.3, -0.25) is 10.0 Å². The van der Waals surface area contributed by atoms with Crippen LogP contribution in [0.15, 0.2) is 18.2 Å². The van der Waals surface area contributed by atoms with Gasteiger partial charge in [-0.25, -0.2) is 0 Å². The Kier molecular flexibility index (Phi) is 2.37. The van der Waals surface area contributed by atoms with Gasteiger partial charge < -0.3 is 10.2 Å². The molecule has 0 aliphatic carbocycles. The fraction of sp³-hybridized carbons (Fsp3) is 0.143. The molecule has 1 rings (SSSR count). The topological polar surface area (TPSA) is 76.0 Å². The summed E-state index contributed by atoms with van der Waals surface area (Å²) in [5.41, 5.74) is -0.0460. The third-order valence-corrected chi connectivity index (χ3v) is 1.32. The molecule has 0 saturated heterocycles. The summed E-state index contributed by atoms with van der Waals surface area (Å²) >= 11 is 0. The fourth-order valence-corrected chi connectivity index (χ4v) is 0.759. The smallest absolute Gasteiger partial charge is 0.115 e. The SMILES string of the molecule is CON(O)c1ccc(O)cc1[O-]. The highest BCUT2D eigenvalue weighted by Crippen LogP contribution is 2.27. The molecule has 0 radical (unpaired) electrons. The third-order valence-electron chi connectivity index (χ3n) is 1.32. The molecule has 12 heavy (non-hydrogen) atoms. The fourth-order valence-electron chi connectivity index (χ4n) is 0.759. The summed E-state index contributed by atoms with van der Waals surface area (Å²) in [6.07, 6.45) is 0. The number of hydrogen-bond donors (Lipinski definition) is 2. The Hall–Kier alpha value is -1.46. The monoisotopic (exact) mass is 170 g/mol. The molecule has 0 aliphatic rings. The Morgan fingerprint density at radius 3 is 2.67 bits per heavy atom. The van der Waals surface area contributed by atoms with E-state index in [1.807, 2.05) is 0 Å². The Bertz CT molecular complexity index is 276. The molecule has 0 spiro atoms. The summed E-state index contributed by atoms with van der Waals surface area (Å²) in [7, 11) is 1.21. The molecule has 0 atom stereocenters. The lowest BCUT2D eigenvalue weighted by molar-refractivity contribution is -0.268. The van der Waals surface area contributed by atoms with E-state index in [2.05, 4.69) is 4.84 Å². The first-order valence-corrected chi connectivity index (χ1v) is 3.18. The quantitative estimate of drug-likeness (QED) is 0.621. The largest absolute Gasteiger partial charge is 0.871 e. The number of aromatic hydroxyl groups is 1. The van der Waals surface area contributed by atoms with Crippen LogP contribution in [0.3, 0.4) is 0 Å². The van der Waals surface area contributed by atoms with Crippen molar-refractivity contribution in [2.45, 2.75) is 0 Å². The predicted octanol–water partition coefficient (Wildman–Crippen LogP) is 0.223. The second-order valence-corrected chi connectivity index (χ2v) is 2.11. The lowest BCUT2D eigenvalue weighted by Gasteiger charge is -2.19. The van der Waals surface area contributed by atoms with Crippen LogP contribution >= 0.6 is 0 Å². The molecule has 66 valence electrons. The average Bonchev–Trinajstić information content (AvgIpc) is 2.03. The van der Waals surface area contributed by atoms with Crippen LogP contribution in [0.5, 0.6) is 11.5 Å². The van der Waals surface area contributed by atoms with Crippen LogP contribution in [-0.4, -0.2) is 17.4 Å². The van der Waals surface area contributed by atoms with Crippen LogP contribution < -0.4 is 10.3 Å². The first kappa shape index (κ1) is 8.63. The Morgan fingerprint density at radius 2 is 2.17 bits per heavy atom. The zero-order valence-electron chi connectivity index (χ0n) is 6.39. The Morgan fingerprint density at radius 1 is 1.50 bits per heavy atom. The highest BCUT2D eigenvalue weighted by atomic mass is 16.9. The summed E-state index contributed by atoms with van der Waals surface area (Å²) in [4.78, 5) is 4.36. The third kappa shape index (κ3) is 1.58. The van der Waals surface area contributed by atoms with Gasteiger partial charge in [0.05, 0.1) is 12.8 Å². The van der Waals surface area contributed by atoms with Crippen LogP contribution in [0, 0.1) is 0 Å². The van der Waals surface area contributed by atoms with Gasteiger partial charge in [0, 0.05) is 0 Å². The normalized spacial score (nSPS) is 9.83. The van der Waals surface area contributed by atoms with Crippen LogP contribution in [0.25, 0.3) is 0 Å². The van der Waals surface area contributed by atoms with Crippen LogP contribution in [0.2, 0.25) is 0 Å². The minimum Gasteiger partial charge on any atom is -0.871 e. The van der Waals surface area contributed by atoms with Crippen LogP contribution in [-0.2, 0) is 4.84 Å². The van der Waals surface area contributed by atoms with E-state index in [9.17, 15) is 5.11 Å².